The van der Waals surface area contributed by atoms with Gasteiger partial charge in [0.25, 0.3) is 0 Å². The van der Waals surface area contributed by atoms with Crippen molar-refractivity contribution >= 4 is 22.3 Å². The molecular weight excluding hydrogens is 441 g/mol. The summed E-state index contributed by atoms with van der Waals surface area (Å²) in [4.78, 5) is 8.48. The van der Waals surface area contributed by atoms with E-state index >= 15 is 0 Å². The van der Waals surface area contributed by atoms with E-state index in [0.29, 0.717) is 17.6 Å². The summed E-state index contributed by atoms with van der Waals surface area (Å²) in [6.07, 6.45) is 0.0617. The van der Waals surface area contributed by atoms with Gasteiger partial charge >= 0.3 is 6.18 Å². The van der Waals surface area contributed by atoms with Gasteiger partial charge in [0.15, 0.2) is 0 Å². The third kappa shape index (κ3) is 4.98. The van der Waals surface area contributed by atoms with Crippen molar-refractivity contribution in [2.75, 3.05) is 31.5 Å². The molecule has 2 N–H and O–H groups in total. The number of fused-ring (bicyclic) bond motifs is 1. The molecule has 0 saturated carbocycles. The first kappa shape index (κ1) is 22.9. The van der Waals surface area contributed by atoms with Gasteiger partial charge < -0.3 is 10.4 Å². The molecule has 0 radical (unpaired) electrons. The Hall–Kier alpha value is -2.84. The average molecular weight is 471 g/mol. The Morgan fingerprint density at radius 2 is 1.50 bits per heavy atom. The summed E-state index contributed by atoms with van der Waals surface area (Å²) in [5, 5.41) is 14.9. The van der Waals surface area contributed by atoms with Crippen molar-refractivity contribution in [2.24, 2.45) is 0 Å². The minimum Gasteiger partial charge on any atom is -0.505 e. The van der Waals surface area contributed by atoms with Crippen LogP contribution in [-0.2, 0) is 19.3 Å². The maximum absolute atomic E-state index is 13.5. The Morgan fingerprint density at radius 3 is 2.18 bits per heavy atom. The maximum atomic E-state index is 13.5. The van der Waals surface area contributed by atoms with Gasteiger partial charge in [-0.2, -0.15) is 13.2 Å². The molecule has 0 spiro atoms. The highest BCUT2D eigenvalue weighted by Crippen LogP contribution is 2.38. The first-order valence-electron chi connectivity index (χ1n) is 11.9. The molecular formula is C26H29F3N4O. The quantitative estimate of drug-likeness (QED) is 0.440. The number of nitrogens with one attached hydrogen (secondary N) is 1. The van der Waals surface area contributed by atoms with E-state index in [0.717, 1.165) is 62.8 Å². The molecule has 0 amide bonds. The summed E-state index contributed by atoms with van der Waals surface area (Å²) in [6, 6.07) is 11.7. The summed E-state index contributed by atoms with van der Waals surface area (Å²) < 4.78 is 40.6. The van der Waals surface area contributed by atoms with E-state index in [1.165, 1.54) is 12.8 Å². The predicted molar refractivity (Wildman–Crippen MR) is 127 cm³/mol. The fraction of sp³-hybridized carbons (Fsp3) is 0.423. The van der Waals surface area contributed by atoms with Crippen LogP contribution < -0.4 is 5.32 Å². The molecule has 2 aromatic carbocycles. The van der Waals surface area contributed by atoms with Crippen LogP contribution in [0.5, 0.6) is 5.75 Å². The van der Waals surface area contributed by atoms with Crippen LogP contribution in [0.1, 0.15) is 42.5 Å². The highest BCUT2D eigenvalue weighted by Gasteiger charge is 2.33. The fourth-order valence-electron chi connectivity index (χ4n) is 5.02. The van der Waals surface area contributed by atoms with E-state index in [1.807, 2.05) is 12.1 Å². The lowest BCUT2D eigenvalue weighted by Gasteiger charge is -2.22. The van der Waals surface area contributed by atoms with Gasteiger partial charge in [-0.3, -0.25) is 9.80 Å². The zero-order chi connectivity index (χ0) is 23.7. The highest BCUT2D eigenvalue weighted by molar-refractivity contribution is 5.94. The lowest BCUT2D eigenvalue weighted by atomic mass is 10.1. The van der Waals surface area contributed by atoms with Gasteiger partial charge in [0.2, 0.25) is 0 Å². The number of pyridine rings is 1. The number of likely N-dealkylation sites (tertiary alicyclic amines) is 2. The van der Waals surface area contributed by atoms with E-state index in [1.54, 1.807) is 24.3 Å². The lowest BCUT2D eigenvalue weighted by molar-refractivity contribution is -0.140. The van der Waals surface area contributed by atoms with E-state index in [-0.39, 0.29) is 17.0 Å². The predicted octanol–water partition coefficient (Wildman–Crippen LogP) is 5.89. The molecule has 2 aliphatic rings. The van der Waals surface area contributed by atoms with Crippen molar-refractivity contribution in [2.45, 2.75) is 44.9 Å². The third-order valence-corrected chi connectivity index (χ3v) is 6.72. The molecule has 2 saturated heterocycles. The minimum absolute atomic E-state index is 0.0894. The smallest absolute Gasteiger partial charge is 0.433 e. The summed E-state index contributed by atoms with van der Waals surface area (Å²) in [6.45, 7) is 5.43. The number of alkyl halides is 3. The van der Waals surface area contributed by atoms with Crippen LogP contribution in [0.2, 0.25) is 0 Å². The van der Waals surface area contributed by atoms with Crippen LogP contribution in [-0.4, -0.2) is 46.1 Å². The second-order valence-corrected chi connectivity index (χ2v) is 9.31. The molecule has 0 atom stereocenters. The molecule has 2 fully saturated rings. The monoisotopic (exact) mass is 470 g/mol. The Kier molecular flexibility index (Phi) is 6.36. The number of nitrogens with zero attached hydrogens (tertiary/aromatic N) is 3. The molecule has 3 aromatic rings. The number of phenolic OH excluding ortho intramolecular Hbond substituents is 1. The number of aromatic hydroxyl groups is 1. The molecule has 0 aliphatic carbocycles. The number of halogens is 3. The van der Waals surface area contributed by atoms with Crippen molar-refractivity contribution in [3.05, 3.63) is 59.3 Å². The maximum Gasteiger partial charge on any atom is 0.433 e. The van der Waals surface area contributed by atoms with E-state index in [9.17, 15) is 18.3 Å². The topological polar surface area (TPSA) is 51.6 Å². The van der Waals surface area contributed by atoms with Gasteiger partial charge in [-0.25, -0.2) is 4.98 Å². The number of anilines is 2. The van der Waals surface area contributed by atoms with E-state index in [2.05, 4.69) is 20.1 Å². The Bertz CT molecular complexity index is 1170. The SMILES string of the molecule is Oc1c(CN2CCCC2)cc(CN2CCCC2)cc1Nc1cc(C(F)(F)F)nc2ccccc12. The van der Waals surface area contributed by atoms with Crippen LogP contribution in [0.3, 0.4) is 0 Å². The number of aromatic nitrogens is 1. The number of phenols is 1. The van der Waals surface area contributed by atoms with Crippen LogP contribution in [0, 0.1) is 0 Å². The normalized spacial score (nSPS) is 17.6. The number of rotatable bonds is 6. The molecule has 34 heavy (non-hydrogen) atoms. The lowest BCUT2D eigenvalue weighted by Crippen LogP contribution is -2.20. The average Bonchev–Trinajstić information content (AvgIpc) is 3.50. The third-order valence-electron chi connectivity index (χ3n) is 6.72. The van der Waals surface area contributed by atoms with Crippen molar-refractivity contribution in [1.82, 2.24) is 14.8 Å². The van der Waals surface area contributed by atoms with Crippen molar-refractivity contribution in [3.8, 4) is 5.75 Å². The Morgan fingerprint density at radius 1 is 0.853 bits per heavy atom. The summed E-state index contributed by atoms with van der Waals surface area (Å²) in [5.41, 5.74) is 1.85. The number of hydrogen-bond donors (Lipinski definition) is 2. The molecule has 5 rings (SSSR count). The van der Waals surface area contributed by atoms with Gasteiger partial charge in [-0.1, -0.05) is 18.2 Å². The van der Waals surface area contributed by atoms with Crippen molar-refractivity contribution in [3.63, 3.8) is 0 Å². The second-order valence-electron chi connectivity index (χ2n) is 9.31. The van der Waals surface area contributed by atoms with Gasteiger partial charge in [0, 0.05) is 24.0 Å². The van der Waals surface area contributed by atoms with E-state index < -0.39 is 11.9 Å². The van der Waals surface area contributed by atoms with Gasteiger partial charge in [-0.05, 0) is 81.7 Å². The van der Waals surface area contributed by atoms with Crippen LogP contribution in [0.25, 0.3) is 10.9 Å². The number of para-hydroxylation sites is 1. The van der Waals surface area contributed by atoms with Crippen LogP contribution in [0.15, 0.2) is 42.5 Å². The molecule has 2 aliphatic heterocycles. The standard InChI is InChI=1S/C26H29F3N4O/c27-26(28,29)24-15-22(20-7-1-2-8-21(20)31-24)30-23-14-18(16-32-9-3-4-10-32)13-19(25(23)34)17-33-11-5-6-12-33/h1-2,7-8,13-15,34H,3-6,9-12,16-17H2,(H,30,31). The first-order chi connectivity index (χ1) is 16.4. The highest BCUT2D eigenvalue weighted by atomic mass is 19.4. The minimum atomic E-state index is -4.57. The molecule has 5 nitrogen and oxygen atoms in total. The molecule has 8 heteroatoms. The largest absolute Gasteiger partial charge is 0.505 e. The zero-order valence-corrected chi connectivity index (χ0v) is 19.0. The molecule has 3 heterocycles. The molecule has 0 bridgehead atoms. The molecule has 1 aromatic heterocycles. The van der Waals surface area contributed by atoms with Crippen LogP contribution in [0.4, 0.5) is 24.5 Å². The first-order valence-corrected chi connectivity index (χ1v) is 11.9. The molecule has 180 valence electrons. The number of benzene rings is 2. The zero-order valence-electron chi connectivity index (χ0n) is 19.0. The Labute approximate surface area is 197 Å². The van der Waals surface area contributed by atoms with Gasteiger partial charge in [0.1, 0.15) is 11.4 Å². The Balaban J connectivity index is 1.55. The fourth-order valence-corrected chi connectivity index (χ4v) is 5.02. The summed E-state index contributed by atoms with van der Waals surface area (Å²) in [7, 11) is 0. The van der Waals surface area contributed by atoms with Crippen molar-refractivity contribution in [1.29, 1.82) is 0 Å². The van der Waals surface area contributed by atoms with Crippen LogP contribution >= 0.6 is 0 Å². The summed E-state index contributed by atoms with van der Waals surface area (Å²) >= 11 is 0. The second kappa shape index (κ2) is 9.43. The number of hydrogen-bond acceptors (Lipinski definition) is 5. The molecule has 0 unspecified atom stereocenters. The van der Waals surface area contributed by atoms with E-state index in [4.69, 9.17) is 0 Å². The van der Waals surface area contributed by atoms with Gasteiger partial charge in [-0.15, -0.1) is 0 Å². The van der Waals surface area contributed by atoms with Gasteiger partial charge in [0.05, 0.1) is 16.9 Å². The van der Waals surface area contributed by atoms with Crippen molar-refractivity contribution < 1.29 is 18.3 Å². The summed E-state index contributed by atoms with van der Waals surface area (Å²) in [5.74, 6) is 0.0894.